The highest BCUT2D eigenvalue weighted by Gasteiger charge is 2.28. The molecular formula is C12H22BrNO. The van der Waals surface area contributed by atoms with Crippen molar-refractivity contribution in [2.75, 3.05) is 25.0 Å². The molecule has 3 unspecified atom stereocenters. The number of nitrogens with zero attached hydrogens (tertiary/aromatic N) is 1. The van der Waals surface area contributed by atoms with Gasteiger partial charge in [0, 0.05) is 18.4 Å². The van der Waals surface area contributed by atoms with Crippen LogP contribution in [0.3, 0.4) is 0 Å². The van der Waals surface area contributed by atoms with Crippen LogP contribution >= 0.6 is 15.9 Å². The number of hydrogen-bond donors (Lipinski definition) is 0. The topological polar surface area (TPSA) is 12.5 Å². The van der Waals surface area contributed by atoms with E-state index in [0.29, 0.717) is 12.2 Å². The van der Waals surface area contributed by atoms with Gasteiger partial charge in [-0.3, -0.25) is 0 Å². The fourth-order valence-electron chi connectivity index (χ4n) is 2.78. The molecule has 0 aromatic carbocycles. The molecule has 2 nitrogen and oxygen atoms in total. The fourth-order valence-corrected chi connectivity index (χ4v) is 3.42. The van der Waals surface area contributed by atoms with E-state index in [4.69, 9.17) is 4.74 Å². The normalized spacial score (nSPS) is 37.6. The maximum atomic E-state index is 5.87. The first-order valence-corrected chi connectivity index (χ1v) is 7.34. The Labute approximate surface area is 101 Å². The Morgan fingerprint density at radius 3 is 2.87 bits per heavy atom. The zero-order chi connectivity index (χ0) is 10.7. The largest absolute Gasteiger partial charge is 0.374 e. The van der Waals surface area contributed by atoms with Crippen LogP contribution in [-0.4, -0.2) is 42.1 Å². The van der Waals surface area contributed by atoms with Crippen molar-refractivity contribution in [1.29, 1.82) is 0 Å². The van der Waals surface area contributed by atoms with E-state index < -0.39 is 0 Å². The summed E-state index contributed by atoms with van der Waals surface area (Å²) in [6, 6.07) is 0. The molecule has 0 aromatic heterocycles. The molecule has 2 aliphatic heterocycles. The van der Waals surface area contributed by atoms with Crippen LogP contribution in [-0.2, 0) is 4.74 Å². The van der Waals surface area contributed by atoms with Gasteiger partial charge in [0.05, 0.1) is 12.2 Å². The molecule has 2 rings (SSSR count). The first kappa shape index (κ1) is 11.9. The van der Waals surface area contributed by atoms with Gasteiger partial charge in [-0.05, 0) is 45.1 Å². The molecule has 0 aliphatic carbocycles. The molecule has 88 valence electrons. The molecule has 2 aliphatic rings. The lowest BCUT2D eigenvalue weighted by Crippen LogP contribution is -2.30. The SMILES string of the molecule is CC1CCC(CN2CCC(CCBr)C2)O1. The predicted molar refractivity (Wildman–Crippen MR) is 66.5 cm³/mol. The maximum absolute atomic E-state index is 5.87. The van der Waals surface area contributed by atoms with Crippen molar-refractivity contribution in [1.82, 2.24) is 4.90 Å². The van der Waals surface area contributed by atoms with E-state index in [1.165, 1.54) is 45.3 Å². The minimum Gasteiger partial charge on any atom is -0.374 e. The lowest BCUT2D eigenvalue weighted by molar-refractivity contribution is 0.0354. The Bertz CT molecular complexity index is 200. The minimum atomic E-state index is 0.496. The summed E-state index contributed by atoms with van der Waals surface area (Å²) in [5.74, 6) is 0.920. The Morgan fingerprint density at radius 1 is 1.33 bits per heavy atom. The second-order valence-electron chi connectivity index (χ2n) is 5.04. The van der Waals surface area contributed by atoms with E-state index in [1.807, 2.05) is 0 Å². The molecule has 2 heterocycles. The lowest BCUT2D eigenvalue weighted by atomic mass is 10.1. The highest BCUT2D eigenvalue weighted by molar-refractivity contribution is 9.09. The third kappa shape index (κ3) is 3.43. The van der Waals surface area contributed by atoms with Gasteiger partial charge in [0.25, 0.3) is 0 Å². The molecule has 0 radical (unpaired) electrons. The quantitative estimate of drug-likeness (QED) is 0.732. The molecule has 0 amide bonds. The zero-order valence-electron chi connectivity index (χ0n) is 9.62. The number of halogens is 1. The average Bonchev–Trinajstić information content (AvgIpc) is 2.78. The van der Waals surface area contributed by atoms with E-state index in [0.717, 1.165) is 11.2 Å². The molecule has 0 N–H and O–H groups in total. The molecule has 0 aromatic rings. The molecule has 2 saturated heterocycles. The van der Waals surface area contributed by atoms with E-state index >= 15 is 0 Å². The lowest BCUT2D eigenvalue weighted by Gasteiger charge is -2.20. The van der Waals surface area contributed by atoms with E-state index in [9.17, 15) is 0 Å². The van der Waals surface area contributed by atoms with Crippen molar-refractivity contribution in [2.45, 2.75) is 44.8 Å². The van der Waals surface area contributed by atoms with Crippen LogP contribution in [0.1, 0.15) is 32.6 Å². The van der Waals surface area contributed by atoms with Gasteiger partial charge >= 0.3 is 0 Å². The second kappa shape index (κ2) is 5.65. The van der Waals surface area contributed by atoms with Gasteiger partial charge in [-0.25, -0.2) is 0 Å². The van der Waals surface area contributed by atoms with E-state index in [-0.39, 0.29) is 0 Å². The average molecular weight is 276 g/mol. The third-order valence-electron chi connectivity index (χ3n) is 3.67. The van der Waals surface area contributed by atoms with Crippen molar-refractivity contribution in [2.24, 2.45) is 5.92 Å². The van der Waals surface area contributed by atoms with Gasteiger partial charge in [-0.1, -0.05) is 15.9 Å². The fraction of sp³-hybridized carbons (Fsp3) is 1.00. The zero-order valence-corrected chi connectivity index (χ0v) is 11.2. The number of hydrogen-bond acceptors (Lipinski definition) is 2. The van der Waals surface area contributed by atoms with Crippen LogP contribution in [0.15, 0.2) is 0 Å². The number of alkyl halides is 1. The van der Waals surface area contributed by atoms with Crippen LogP contribution in [0.4, 0.5) is 0 Å². The van der Waals surface area contributed by atoms with Crippen LogP contribution in [0.5, 0.6) is 0 Å². The summed E-state index contributed by atoms with van der Waals surface area (Å²) in [4.78, 5) is 2.59. The highest BCUT2D eigenvalue weighted by atomic mass is 79.9. The molecule has 0 bridgehead atoms. The number of rotatable bonds is 4. The summed E-state index contributed by atoms with van der Waals surface area (Å²) in [5, 5.41) is 1.16. The van der Waals surface area contributed by atoms with Crippen LogP contribution < -0.4 is 0 Å². The van der Waals surface area contributed by atoms with Crippen molar-refractivity contribution in [3.8, 4) is 0 Å². The molecule has 0 spiro atoms. The van der Waals surface area contributed by atoms with Crippen molar-refractivity contribution in [3.63, 3.8) is 0 Å². The smallest absolute Gasteiger partial charge is 0.0706 e. The first-order valence-electron chi connectivity index (χ1n) is 6.21. The van der Waals surface area contributed by atoms with Crippen molar-refractivity contribution >= 4 is 15.9 Å². The highest BCUT2D eigenvalue weighted by Crippen LogP contribution is 2.24. The summed E-state index contributed by atoms with van der Waals surface area (Å²) < 4.78 is 5.87. The number of likely N-dealkylation sites (tertiary alicyclic amines) is 1. The van der Waals surface area contributed by atoms with Gasteiger partial charge in [0.15, 0.2) is 0 Å². The molecule has 0 saturated carbocycles. The Kier molecular flexibility index (Phi) is 4.47. The predicted octanol–water partition coefficient (Wildman–Crippen LogP) is 2.66. The summed E-state index contributed by atoms with van der Waals surface area (Å²) in [6.07, 6.45) is 6.25. The van der Waals surface area contributed by atoms with Gasteiger partial charge in [0.1, 0.15) is 0 Å². The molecular weight excluding hydrogens is 254 g/mol. The molecule has 2 fully saturated rings. The van der Waals surface area contributed by atoms with Crippen LogP contribution in [0, 0.1) is 5.92 Å². The van der Waals surface area contributed by atoms with Crippen LogP contribution in [0.25, 0.3) is 0 Å². The molecule has 3 heteroatoms. The maximum Gasteiger partial charge on any atom is 0.0706 e. The summed E-state index contributed by atoms with van der Waals surface area (Å²) >= 11 is 3.53. The number of ether oxygens (including phenoxy) is 1. The van der Waals surface area contributed by atoms with Crippen LogP contribution in [0.2, 0.25) is 0 Å². The van der Waals surface area contributed by atoms with Crippen molar-refractivity contribution < 1.29 is 4.74 Å². The van der Waals surface area contributed by atoms with Gasteiger partial charge in [-0.2, -0.15) is 0 Å². The molecule has 3 atom stereocenters. The van der Waals surface area contributed by atoms with Gasteiger partial charge in [-0.15, -0.1) is 0 Å². The van der Waals surface area contributed by atoms with Crippen molar-refractivity contribution in [3.05, 3.63) is 0 Å². The second-order valence-corrected chi connectivity index (χ2v) is 5.83. The Balaban J connectivity index is 1.68. The summed E-state index contributed by atoms with van der Waals surface area (Å²) in [5.41, 5.74) is 0. The minimum absolute atomic E-state index is 0.496. The van der Waals surface area contributed by atoms with E-state index in [2.05, 4.69) is 27.8 Å². The van der Waals surface area contributed by atoms with Gasteiger partial charge < -0.3 is 9.64 Å². The van der Waals surface area contributed by atoms with E-state index in [1.54, 1.807) is 0 Å². The standard InChI is InChI=1S/C12H22BrNO/c1-10-2-3-12(15-10)9-14-7-5-11(8-14)4-6-13/h10-12H,2-9H2,1H3. The van der Waals surface area contributed by atoms with Gasteiger partial charge in [0.2, 0.25) is 0 Å². The Morgan fingerprint density at radius 2 is 2.20 bits per heavy atom. The Hall–Kier alpha value is 0.400. The third-order valence-corrected chi connectivity index (χ3v) is 4.13. The summed E-state index contributed by atoms with van der Waals surface area (Å²) in [6.45, 7) is 5.94. The first-order chi connectivity index (χ1) is 7.28. The summed E-state index contributed by atoms with van der Waals surface area (Å²) in [7, 11) is 0. The monoisotopic (exact) mass is 275 g/mol. The molecule has 15 heavy (non-hydrogen) atoms.